The molecular weight excluding hydrogens is 283 g/mol. The average molecular weight is 295 g/mol. The molecule has 0 aliphatic carbocycles. The number of aliphatic hydroxyl groups is 2. The molecule has 1 aromatic carbocycles. The van der Waals surface area contributed by atoms with Gasteiger partial charge in [0, 0.05) is 16.0 Å². The molecule has 0 saturated carbocycles. The third-order valence-electron chi connectivity index (χ3n) is 1.79. The molecule has 1 atom stereocenters. The van der Waals surface area contributed by atoms with E-state index in [2.05, 4.69) is 15.9 Å². The van der Waals surface area contributed by atoms with Crippen LogP contribution in [0.1, 0.15) is 5.56 Å². The topological polar surface area (TPSA) is 40.5 Å². The zero-order valence-electron chi connectivity index (χ0n) is 7.99. The molecule has 0 aromatic heterocycles. The van der Waals surface area contributed by atoms with Crippen LogP contribution < -0.4 is 0 Å². The molecule has 0 heterocycles. The Morgan fingerprint density at radius 1 is 1.47 bits per heavy atom. The van der Waals surface area contributed by atoms with E-state index in [4.69, 9.17) is 10.2 Å². The lowest BCUT2D eigenvalue weighted by Gasteiger charge is -2.07. The van der Waals surface area contributed by atoms with Crippen LogP contribution >= 0.6 is 27.7 Å². The molecular formula is C10H12BrFO2S. The highest BCUT2D eigenvalue weighted by molar-refractivity contribution is 9.10. The van der Waals surface area contributed by atoms with Gasteiger partial charge in [0.15, 0.2) is 0 Å². The minimum atomic E-state index is -0.731. The normalized spacial score (nSPS) is 12.8. The highest BCUT2D eigenvalue weighted by Crippen LogP contribution is 2.20. The van der Waals surface area contributed by atoms with Gasteiger partial charge in [0.1, 0.15) is 5.82 Å². The maximum Gasteiger partial charge on any atom is 0.127 e. The van der Waals surface area contributed by atoms with Gasteiger partial charge in [-0.25, -0.2) is 4.39 Å². The fourth-order valence-electron chi connectivity index (χ4n) is 1.01. The molecule has 1 aromatic rings. The highest BCUT2D eigenvalue weighted by atomic mass is 79.9. The SMILES string of the molecule is OC[C@H](O)CSCc1cc(Br)ccc1F. The van der Waals surface area contributed by atoms with Gasteiger partial charge in [0.05, 0.1) is 12.7 Å². The molecule has 0 saturated heterocycles. The Hall–Kier alpha value is -0.100. The zero-order chi connectivity index (χ0) is 11.3. The summed E-state index contributed by atoms with van der Waals surface area (Å²) in [6.45, 7) is -0.256. The van der Waals surface area contributed by atoms with E-state index in [0.717, 1.165) is 4.47 Å². The largest absolute Gasteiger partial charge is 0.394 e. The first-order valence-corrected chi connectivity index (χ1v) is 6.39. The van der Waals surface area contributed by atoms with Crippen LogP contribution in [0.4, 0.5) is 4.39 Å². The van der Waals surface area contributed by atoms with E-state index in [1.807, 2.05) is 0 Å². The number of benzene rings is 1. The van der Waals surface area contributed by atoms with Gasteiger partial charge in [-0.3, -0.25) is 0 Å². The number of halogens is 2. The Morgan fingerprint density at radius 2 is 2.20 bits per heavy atom. The van der Waals surface area contributed by atoms with Gasteiger partial charge in [0.25, 0.3) is 0 Å². The standard InChI is InChI=1S/C10H12BrFO2S/c11-8-1-2-10(12)7(3-8)5-15-6-9(14)4-13/h1-3,9,13-14H,4-6H2/t9-/m0/s1. The molecule has 0 bridgehead atoms. The van der Waals surface area contributed by atoms with Crippen molar-refractivity contribution in [3.8, 4) is 0 Å². The van der Waals surface area contributed by atoms with Crippen LogP contribution in [0.25, 0.3) is 0 Å². The van der Waals surface area contributed by atoms with Crippen LogP contribution in [0.2, 0.25) is 0 Å². The van der Waals surface area contributed by atoms with Crippen molar-refractivity contribution in [2.45, 2.75) is 11.9 Å². The first-order valence-electron chi connectivity index (χ1n) is 4.44. The Morgan fingerprint density at radius 3 is 2.87 bits per heavy atom. The van der Waals surface area contributed by atoms with Crippen LogP contribution in [-0.2, 0) is 5.75 Å². The average Bonchev–Trinajstić information content (AvgIpc) is 2.23. The summed E-state index contributed by atoms with van der Waals surface area (Å²) < 4.78 is 14.1. The summed E-state index contributed by atoms with van der Waals surface area (Å²) in [6.07, 6.45) is -0.731. The first-order chi connectivity index (χ1) is 7.13. The molecule has 84 valence electrons. The van der Waals surface area contributed by atoms with Crippen molar-refractivity contribution in [1.82, 2.24) is 0 Å². The maximum atomic E-state index is 13.2. The number of hydrogen-bond acceptors (Lipinski definition) is 3. The second-order valence-corrected chi connectivity index (χ2v) is 5.03. The number of thioether (sulfide) groups is 1. The predicted octanol–water partition coefficient (Wildman–Crippen LogP) is 2.17. The summed E-state index contributed by atoms with van der Waals surface area (Å²) in [6, 6.07) is 4.77. The maximum absolute atomic E-state index is 13.2. The van der Waals surface area contributed by atoms with Gasteiger partial charge < -0.3 is 10.2 Å². The predicted molar refractivity (Wildman–Crippen MR) is 63.4 cm³/mol. The summed E-state index contributed by atoms with van der Waals surface area (Å²) in [4.78, 5) is 0. The third-order valence-corrected chi connectivity index (χ3v) is 3.42. The lowest BCUT2D eigenvalue weighted by Crippen LogP contribution is -2.14. The van der Waals surface area contributed by atoms with Crippen LogP contribution in [-0.4, -0.2) is 28.7 Å². The van der Waals surface area contributed by atoms with Crippen molar-refractivity contribution >= 4 is 27.7 Å². The minimum Gasteiger partial charge on any atom is -0.394 e. The van der Waals surface area contributed by atoms with E-state index in [1.165, 1.54) is 17.8 Å². The molecule has 0 spiro atoms. The van der Waals surface area contributed by atoms with Crippen molar-refractivity contribution in [3.63, 3.8) is 0 Å². The summed E-state index contributed by atoms with van der Waals surface area (Å²) >= 11 is 4.66. The van der Waals surface area contributed by atoms with Gasteiger partial charge >= 0.3 is 0 Å². The summed E-state index contributed by atoms with van der Waals surface area (Å²) in [5.41, 5.74) is 0.597. The van der Waals surface area contributed by atoms with Crippen LogP contribution in [0.3, 0.4) is 0 Å². The van der Waals surface area contributed by atoms with Gasteiger partial charge in [-0.05, 0) is 23.8 Å². The second-order valence-electron chi connectivity index (χ2n) is 3.09. The molecule has 0 aliphatic heterocycles. The lowest BCUT2D eigenvalue weighted by atomic mass is 10.2. The van der Waals surface area contributed by atoms with E-state index in [1.54, 1.807) is 12.1 Å². The molecule has 0 amide bonds. The Kier molecular flexibility index (Phi) is 5.60. The van der Waals surface area contributed by atoms with E-state index in [0.29, 0.717) is 17.1 Å². The molecule has 0 radical (unpaired) electrons. The molecule has 2 nitrogen and oxygen atoms in total. The highest BCUT2D eigenvalue weighted by Gasteiger charge is 2.05. The van der Waals surface area contributed by atoms with Gasteiger partial charge in [-0.15, -0.1) is 0 Å². The molecule has 0 aliphatic rings. The fraction of sp³-hybridized carbons (Fsp3) is 0.400. The van der Waals surface area contributed by atoms with E-state index in [9.17, 15) is 4.39 Å². The number of rotatable bonds is 5. The Labute approximate surface area is 101 Å². The molecule has 0 fully saturated rings. The number of hydrogen-bond donors (Lipinski definition) is 2. The fourth-order valence-corrected chi connectivity index (χ4v) is 2.36. The van der Waals surface area contributed by atoms with E-state index < -0.39 is 6.10 Å². The summed E-state index contributed by atoms with van der Waals surface area (Å²) in [5.74, 6) is 0.648. The Bertz CT molecular complexity index is 322. The van der Waals surface area contributed by atoms with Crippen molar-refractivity contribution < 1.29 is 14.6 Å². The van der Waals surface area contributed by atoms with Crippen molar-refractivity contribution in [1.29, 1.82) is 0 Å². The zero-order valence-corrected chi connectivity index (χ0v) is 10.4. The number of aliphatic hydroxyl groups excluding tert-OH is 2. The van der Waals surface area contributed by atoms with Crippen molar-refractivity contribution in [2.24, 2.45) is 0 Å². The molecule has 5 heteroatoms. The van der Waals surface area contributed by atoms with Crippen molar-refractivity contribution in [3.05, 3.63) is 34.1 Å². The first kappa shape index (κ1) is 13.0. The van der Waals surface area contributed by atoms with Crippen LogP contribution in [0.15, 0.2) is 22.7 Å². The summed E-state index contributed by atoms with van der Waals surface area (Å²) in [7, 11) is 0. The third kappa shape index (κ3) is 4.51. The van der Waals surface area contributed by atoms with E-state index in [-0.39, 0.29) is 12.4 Å². The molecule has 0 unspecified atom stereocenters. The van der Waals surface area contributed by atoms with Crippen molar-refractivity contribution in [2.75, 3.05) is 12.4 Å². The van der Waals surface area contributed by atoms with Crippen LogP contribution in [0, 0.1) is 5.82 Å². The summed E-state index contributed by atoms with van der Waals surface area (Å²) in [5, 5.41) is 17.7. The monoisotopic (exact) mass is 294 g/mol. The smallest absolute Gasteiger partial charge is 0.127 e. The second kappa shape index (κ2) is 6.48. The van der Waals surface area contributed by atoms with Gasteiger partial charge in [0.2, 0.25) is 0 Å². The molecule has 15 heavy (non-hydrogen) atoms. The van der Waals surface area contributed by atoms with Gasteiger partial charge in [-0.1, -0.05) is 15.9 Å². The van der Waals surface area contributed by atoms with E-state index >= 15 is 0 Å². The van der Waals surface area contributed by atoms with Crippen LogP contribution in [0.5, 0.6) is 0 Å². The lowest BCUT2D eigenvalue weighted by molar-refractivity contribution is 0.113. The van der Waals surface area contributed by atoms with Gasteiger partial charge in [-0.2, -0.15) is 11.8 Å². The molecule has 1 rings (SSSR count). The quantitative estimate of drug-likeness (QED) is 0.874. The minimum absolute atomic E-state index is 0.246. The Balaban J connectivity index is 2.46. The molecule has 2 N–H and O–H groups in total.